The highest BCUT2D eigenvalue weighted by Crippen LogP contribution is 2.30. The maximum atomic E-state index is 11.4. The summed E-state index contributed by atoms with van der Waals surface area (Å²) in [6.45, 7) is 3.84. The van der Waals surface area contributed by atoms with Crippen LogP contribution in [0.3, 0.4) is 0 Å². The number of methoxy groups -OCH3 is 1. The summed E-state index contributed by atoms with van der Waals surface area (Å²) < 4.78 is 17.4. The molecule has 4 aromatic rings. The largest absolute Gasteiger partial charge is 0.493 e. The van der Waals surface area contributed by atoms with Crippen LogP contribution in [0.4, 0.5) is 0 Å². The van der Waals surface area contributed by atoms with E-state index in [1.807, 2.05) is 18.2 Å². The van der Waals surface area contributed by atoms with E-state index in [1.165, 1.54) is 22.3 Å². The topological polar surface area (TPSA) is 74.0 Å². The predicted molar refractivity (Wildman–Crippen MR) is 162 cm³/mol. The molecule has 6 nitrogen and oxygen atoms in total. The molecule has 1 aliphatic heterocycles. The Morgan fingerprint density at radius 2 is 1.61 bits per heavy atom. The zero-order valence-corrected chi connectivity index (χ0v) is 23.6. The van der Waals surface area contributed by atoms with Crippen molar-refractivity contribution in [3.05, 3.63) is 125 Å². The van der Waals surface area contributed by atoms with Gasteiger partial charge in [-0.2, -0.15) is 0 Å². The fourth-order valence-corrected chi connectivity index (χ4v) is 5.48. The number of fused-ring (bicyclic) bond motifs is 1. The van der Waals surface area contributed by atoms with E-state index in [1.54, 1.807) is 7.11 Å². The molecule has 5 rings (SSSR count). The minimum absolute atomic E-state index is 0.167. The van der Waals surface area contributed by atoms with Gasteiger partial charge in [-0.15, -0.1) is 0 Å². The van der Waals surface area contributed by atoms with Crippen LogP contribution in [0.15, 0.2) is 97.1 Å². The van der Waals surface area contributed by atoms with E-state index in [2.05, 4.69) is 83.8 Å². The number of carbonyl (C=O) groups excluding carboxylic acids is 1. The van der Waals surface area contributed by atoms with Gasteiger partial charge in [-0.1, -0.05) is 78.9 Å². The van der Waals surface area contributed by atoms with Gasteiger partial charge in [-0.25, -0.2) is 0 Å². The van der Waals surface area contributed by atoms with Crippen LogP contribution in [-0.4, -0.2) is 44.2 Å². The second kappa shape index (κ2) is 13.9. The molecular weight excluding hydrogens is 512 g/mol. The lowest BCUT2D eigenvalue weighted by Gasteiger charge is -2.29. The molecule has 0 saturated heterocycles. The summed E-state index contributed by atoms with van der Waals surface area (Å²) in [6, 6.07) is 33.6. The van der Waals surface area contributed by atoms with E-state index in [9.17, 15) is 4.79 Å². The lowest BCUT2D eigenvalue weighted by Crippen LogP contribution is -2.30. The van der Waals surface area contributed by atoms with Crippen LogP contribution in [0.2, 0.25) is 0 Å². The van der Waals surface area contributed by atoms with Gasteiger partial charge in [0, 0.05) is 32.0 Å². The first kappa shape index (κ1) is 28.2. The number of hydrogen-bond acceptors (Lipinski definition) is 5. The monoisotopic (exact) mass is 550 g/mol. The zero-order chi connectivity index (χ0) is 28.4. The highest BCUT2D eigenvalue weighted by atomic mass is 16.5. The molecule has 0 unspecified atom stereocenters. The second-order valence-corrected chi connectivity index (χ2v) is 10.5. The van der Waals surface area contributed by atoms with Crippen molar-refractivity contribution in [1.29, 1.82) is 0 Å². The van der Waals surface area contributed by atoms with Gasteiger partial charge in [-0.05, 0) is 52.4 Å². The van der Waals surface area contributed by atoms with Gasteiger partial charge < -0.3 is 19.9 Å². The third kappa shape index (κ3) is 7.68. The van der Waals surface area contributed by atoms with Crippen molar-refractivity contribution in [2.45, 2.75) is 31.7 Å². The van der Waals surface area contributed by atoms with E-state index in [-0.39, 0.29) is 18.2 Å². The number of primary amides is 1. The fourth-order valence-electron chi connectivity index (χ4n) is 5.48. The van der Waals surface area contributed by atoms with Gasteiger partial charge in [0.2, 0.25) is 5.91 Å². The molecule has 0 bridgehead atoms. The summed E-state index contributed by atoms with van der Waals surface area (Å²) in [4.78, 5) is 13.9. The summed E-state index contributed by atoms with van der Waals surface area (Å²) in [5, 5.41) is 0. The van der Waals surface area contributed by atoms with Gasteiger partial charge in [0.25, 0.3) is 0 Å². The molecule has 212 valence electrons. The smallest absolute Gasteiger partial charge is 0.221 e. The number of ether oxygens (including phenoxy) is 3. The molecular formula is C35H38N2O4. The van der Waals surface area contributed by atoms with Crippen LogP contribution in [0.5, 0.6) is 17.2 Å². The van der Waals surface area contributed by atoms with Crippen LogP contribution in [0.25, 0.3) is 0 Å². The van der Waals surface area contributed by atoms with Crippen LogP contribution >= 0.6 is 0 Å². The molecule has 1 aliphatic rings. The Balaban J connectivity index is 1.32. The standard InChI is InChI=1S/C35H38N2O4/c1-39-33-16-13-26(23-35(36)38)22-34(33)40-19-8-18-37(24-27-14-15-32-30(21-27)17-20-41-32)25-31(28-9-4-2-5-10-28)29-11-6-3-7-12-29/h2-7,9-16,21-22,31H,8,17-20,23-25H2,1H3,(H2,36,38). The minimum atomic E-state index is -0.374. The maximum Gasteiger partial charge on any atom is 0.221 e. The average Bonchev–Trinajstić information content (AvgIpc) is 3.47. The summed E-state index contributed by atoms with van der Waals surface area (Å²) in [6.07, 6.45) is 1.96. The van der Waals surface area contributed by atoms with Crippen molar-refractivity contribution >= 4 is 5.91 Å². The zero-order valence-electron chi connectivity index (χ0n) is 23.6. The lowest BCUT2D eigenvalue weighted by molar-refractivity contribution is -0.117. The van der Waals surface area contributed by atoms with Crippen LogP contribution in [0, 0.1) is 0 Å². The number of carbonyl (C=O) groups is 1. The predicted octanol–water partition coefficient (Wildman–Crippen LogP) is 5.76. The molecule has 6 heteroatoms. The lowest BCUT2D eigenvalue weighted by atomic mass is 9.90. The third-order valence-corrected chi connectivity index (χ3v) is 7.49. The van der Waals surface area contributed by atoms with Crippen molar-refractivity contribution in [1.82, 2.24) is 4.90 Å². The molecule has 0 aromatic heterocycles. The number of rotatable bonds is 14. The van der Waals surface area contributed by atoms with E-state index >= 15 is 0 Å². The molecule has 41 heavy (non-hydrogen) atoms. The number of nitrogens with two attached hydrogens (primary N) is 1. The maximum absolute atomic E-state index is 11.4. The average molecular weight is 551 g/mol. The highest BCUT2D eigenvalue weighted by molar-refractivity contribution is 5.76. The first-order valence-corrected chi connectivity index (χ1v) is 14.2. The Morgan fingerprint density at radius 3 is 2.29 bits per heavy atom. The minimum Gasteiger partial charge on any atom is -0.493 e. The Kier molecular flexibility index (Phi) is 9.55. The molecule has 0 spiro atoms. The molecule has 4 aromatic carbocycles. The number of benzene rings is 4. The van der Waals surface area contributed by atoms with Crippen molar-refractivity contribution in [3.8, 4) is 17.2 Å². The molecule has 0 saturated carbocycles. The molecule has 1 heterocycles. The number of nitrogens with zero attached hydrogens (tertiary/aromatic N) is 1. The first-order chi connectivity index (χ1) is 20.1. The van der Waals surface area contributed by atoms with E-state index < -0.39 is 0 Å². The summed E-state index contributed by atoms with van der Waals surface area (Å²) >= 11 is 0. The first-order valence-electron chi connectivity index (χ1n) is 14.2. The number of hydrogen-bond donors (Lipinski definition) is 1. The van der Waals surface area contributed by atoms with Gasteiger partial charge in [0.05, 0.1) is 26.7 Å². The Hall–Kier alpha value is -4.29. The molecule has 0 fully saturated rings. The van der Waals surface area contributed by atoms with E-state index in [0.717, 1.165) is 50.4 Å². The molecule has 0 atom stereocenters. The van der Waals surface area contributed by atoms with Crippen LogP contribution < -0.4 is 19.9 Å². The van der Waals surface area contributed by atoms with E-state index in [4.69, 9.17) is 19.9 Å². The van der Waals surface area contributed by atoms with Gasteiger partial charge in [-0.3, -0.25) is 9.69 Å². The van der Waals surface area contributed by atoms with E-state index in [0.29, 0.717) is 18.1 Å². The van der Waals surface area contributed by atoms with Crippen molar-refractivity contribution in [2.24, 2.45) is 5.73 Å². The molecule has 2 N–H and O–H groups in total. The fraction of sp³-hybridized carbons (Fsp3) is 0.286. The third-order valence-electron chi connectivity index (χ3n) is 7.49. The van der Waals surface area contributed by atoms with Gasteiger partial charge in [0.1, 0.15) is 5.75 Å². The Labute approximate surface area is 242 Å². The normalized spacial score (nSPS) is 12.3. The molecule has 0 radical (unpaired) electrons. The summed E-state index contributed by atoms with van der Waals surface area (Å²) in [7, 11) is 1.62. The van der Waals surface area contributed by atoms with Crippen LogP contribution in [-0.2, 0) is 24.2 Å². The van der Waals surface area contributed by atoms with Crippen molar-refractivity contribution < 1.29 is 19.0 Å². The molecule has 1 amide bonds. The van der Waals surface area contributed by atoms with Crippen molar-refractivity contribution in [2.75, 3.05) is 33.4 Å². The highest BCUT2D eigenvalue weighted by Gasteiger charge is 2.20. The molecule has 0 aliphatic carbocycles. The van der Waals surface area contributed by atoms with Gasteiger partial charge in [0.15, 0.2) is 11.5 Å². The van der Waals surface area contributed by atoms with Crippen LogP contribution in [0.1, 0.15) is 40.2 Å². The summed E-state index contributed by atoms with van der Waals surface area (Å²) in [5.41, 5.74) is 11.4. The Bertz CT molecular complexity index is 1390. The Morgan fingerprint density at radius 1 is 0.902 bits per heavy atom. The SMILES string of the molecule is COc1ccc(CC(N)=O)cc1OCCCN(Cc1ccc2c(c1)CCO2)CC(c1ccccc1)c1ccccc1. The summed E-state index contributed by atoms with van der Waals surface area (Å²) in [5.74, 6) is 2.14. The van der Waals surface area contributed by atoms with Crippen molar-refractivity contribution in [3.63, 3.8) is 0 Å². The quantitative estimate of drug-likeness (QED) is 0.202. The van der Waals surface area contributed by atoms with Gasteiger partial charge >= 0.3 is 0 Å². The number of amides is 1. The second-order valence-electron chi connectivity index (χ2n) is 10.5.